The van der Waals surface area contributed by atoms with Gasteiger partial charge >= 0.3 is 0 Å². The van der Waals surface area contributed by atoms with Crippen LogP contribution < -0.4 is 0 Å². The van der Waals surface area contributed by atoms with E-state index in [1.165, 1.54) is 5.56 Å². The van der Waals surface area contributed by atoms with E-state index in [0.717, 1.165) is 10.9 Å². The van der Waals surface area contributed by atoms with Crippen molar-refractivity contribution in [1.29, 1.82) is 0 Å². The summed E-state index contributed by atoms with van der Waals surface area (Å²) in [7, 11) is 0. The average molecular weight is 254 g/mol. The third kappa shape index (κ3) is 1.90. The standard InChI is InChI=1S/C8H7BrCl2/c1-2-5-3-4-6(10)8(11)7(5)9/h3-4H,2H2,1H3. The molecule has 1 aromatic carbocycles. The Labute approximate surface area is 84.6 Å². The molecule has 0 aliphatic heterocycles. The van der Waals surface area contributed by atoms with Gasteiger partial charge in [-0.2, -0.15) is 0 Å². The predicted octanol–water partition coefficient (Wildman–Crippen LogP) is 4.32. The van der Waals surface area contributed by atoms with Crippen LogP contribution in [0, 0.1) is 0 Å². The monoisotopic (exact) mass is 252 g/mol. The average Bonchev–Trinajstić information content (AvgIpc) is 2.01. The predicted molar refractivity (Wildman–Crippen MR) is 53.5 cm³/mol. The van der Waals surface area contributed by atoms with Gasteiger partial charge in [0.05, 0.1) is 10.0 Å². The molecule has 60 valence electrons. The van der Waals surface area contributed by atoms with E-state index in [1.54, 1.807) is 0 Å². The van der Waals surface area contributed by atoms with E-state index >= 15 is 0 Å². The minimum Gasteiger partial charge on any atom is -0.0827 e. The van der Waals surface area contributed by atoms with Crippen molar-refractivity contribution in [2.45, 2.75) is 13.3 Å². The summed E-state index contributed by atoms with van der Waals surface area (Å²) in [6.45, 7) is 2.07. The van der Waals surface area contributed by atoms with Crippen LogP contribution in [0.2, 0.25) is 10.0 Å². The molecule has 0 aromatic heterocycles. The maximum absolute atomic E-state index is 5.88. The quantitative estimate of drug-likeness (QED) is 0.654. The summed E-state index contributed by atoms with van der Waals surface area (Å²) in [6, 6.07) is 3.78. The molecule has 0 fully saturated rings. The number of rotatable bonds is 1. The van der Waals surface area contributed by atoms with E-state index < -0.39 is 0 Å². The normalized spacial score (nSPS) is 10.2. The van der Waals surface area contributed by atoms with Gasteiger partial charge in [0.1, 0.15) is 0 Å². The molecule has 1 aromatic rings. The lowest BCUT2D eigenvalue weighted by Gasteiger charge is -2.03. The largest absolute Gasteiger partial charge is 0.0827 e. The molecule has 0 saturated carbocycles. The number of hydrogen-bond acceptors (Lipinski definition) is 0. The van der Waals surface area contributed by atoms with Gasteiger partial charge in [0.25, 0.3) is 0 Å². The first-order valence-electron chi connectivity index (χ1n) is 3.29. The lowest BCUT2D eigenvalue weighted by atomic mass is 10.2. The van der Waals surface area contributed by atoms with Crippen LogP contribution in [0.25, 0.3) is 0 Å². The molecule has 0 unspecified atom stereocenters. The van der Waals surface area contributed by atoms with Crippen LogP contribution in [-0.4, -0.2) is 0 Å². The Kier molecular flexibility index (Phi) is 3.23. The van der Waals surface area contributed by atoms with Crippen LogP contribution in [0.4, 0.5) is 0 Å². The maximum atomic E-state index is 5.88. The molecule has 0 radical (unpaired) electrons. The van der Waals surface area contributed by atoms with Crippen LogP contribution in [-0.2, 0) is 6.42 Å². The van der Waals surface area contributed by atoms with E-state index in [2.05, 4.69) is 22.9 Å². The Morgan fingerprint density at radius 3 is 2.55 bits per heavy atom. The van der Waals surface area contributed by atoms with E-state index in [4.69, 9.17) is 23.2 Å². The van der Waals surface area contributed by atoms with Crippen molar-refractivity contribution in [2.75, 3.05) is 0 Å². The second-order valence-corrected chi connectivity index (χ2v) is 3.77. The van der Waals surface area contributed by atoms with Gasteiger partial charge in [0.15, 0.2) is 0 Å². The molecule has 0 bridgehead atoms. The van der Waals surface area contributed by atoms with Crippen LogP contribution in [0.15, 0.2) is 16.6 Å². The minimum atomic E-state index is 0.593. The second kappa shape index (κ2) is 3.79. The van der Waals surface area contributed by atoms with Gasteiger partial charge in [0.2, 0.25) is 0 Å². The van der Waals surface area contributed by atoms with Crippen molar-refractivity contribution in [1.82, 2.24) is 0 Å². The van der Waals surface area contributed by atoms with E-state index in [-0.39, 0.29) is 0 Å². The second-order valence-electron chi connectivity index (χ2n) is 2.19. The summed E-state index contributed by atoms with van der Waals surface area (Å²) in [6.07, 6.45) is 0.956. The summed E-state index contributed by atoms with van der Waals surface area (Å²) < 4.78 is 0.911. The molecule has 0 aliphatic rings. The number of halogens is 3. The van der Waals surface area contributed by atoms with Crippen LogP contribution in [0.5, 0.6) is 0 Å². The van der Waals surface area contributed by atoms with Gasteiger partial charge in [-0.3, -0.25) is 0 Å². The Balaban J connectivity index is 3.25. The molecule has 0 spiro atoms. The summed E-state index contributed by atoms with van der Waals surface area (Å²) in [5.41, 5.74) is 1.18. The Morgan fingerprint density at radius 2 is 2.00 bits per heavy atom. The first-order valence-corrected chi connectivity index (χ1v) is 4.84. The Bertz CT molecular complexity index is 271. The van der Waals surface area contributed by atoms with Crippen molar-refractivity contribution in [3.63, 3.8) is 0 Å². The number of aryl methyl sites for hydroxylation is 1. The zero-order valence-corrected chi connectivity index (χ0v) is 9.09. The molecule has 0 atom stereocenters. The van der Waals surface area contributed by atoms with Gasteiger partial charge in [-0.1, -0.05) is 36.2 Å². The fourth-order valence-electron chi connectivity index (χ4n) is 0.839. The lowest BCUT2D eigenvalue weighted by molar-refractivity contribution is 1.13. The summed E-state index contributed by atoms with van der Waals surface area (Å²) in [4.78, 5) is 0. The minimum absolute atomic E-state index is 0.593. The van der Waals surface area contributed by atoms with Gasteiger partial charge in [-0.25, -0.2) is 0 Å². The van der Waals surface area contributed by atoms with Crippen molar-refractivity contribution >= 4 is 39.1 Å². The van der Waals surface area contributed by atoms with Crippen LogP contribution in [0.1, 0.15) is 12.5 Å². The highest BCUT2D eigenvalue weighted by molar-refractivity contribution is 9.10. The molecular formula is C8H7BrCl2. The third-order valence-corrected chi connectivity index (χ3v) is 3.43. The first kappa shape index (κ1) is 9.37. The number of hydrogen-bond donors (Lipinski definition) is 0. The lowest BCUT2D eigenvalue weighted by Crippen LogP contribution is -1.83. The Morgan fingerprint density at radius 1 is 1.36 bits per heavy atom. The highest BCUT2D eigenvalue weighted by atomic mass is 79.9. The van der Waals surface area contributed by atoms with Gasteiger partial charge in [0, 0.05) is 4.47 Å². The molecule has 3 heteroatoms. The van der Waals surface area contributed by atoms with Crippen LogP contribution in [0.3, 0.4) is 0 Å². The Hall–Kier alpha value is 0.280. The molecular weight excluding hydrogens is 247 g/mol. The SMILES string of the molecule is CCc1ccc(Cl)c(Cl)c1Br. The molecule has 0 N–H and O–H groups in total. The van der Waals surface area contributed by atoms with Crippen molar-refractivity contribution < 1.29 is 0 Å². The highest BCUT2D eigenvalue weighted by Crippen LogP contribution is 2.32. The topological polar surface area (TPSA) is 0 Å². The molecule has 0 nitrogen and oxygen atoms in total. The first-order chi connectivity index (χ1) is 5.16. The van der Waals surface area contributed by atoms with E-state index in [0.29, 0.717) is 10.0 Å². The molecule has 0 saturated heterocycles. The molecule has 0 amide bonds. The van der Waals surface area contributed by atoms with Gasteiger partial charge in [-0.15, -0.1) is 0 Å². The van der Waals surface area contributed by atoms with Crippen molar-refractivity contribution in [2.24, 2.45) is 0 Å². The smallest absolute Gasteiger partial charge is 0.0737 e. The van der Waals surface area contributed by atoms with Crippen LogP contribution >= 0.6 is 39.1 Å². The molecule has 11 heavy (non-hydrogen) atoms. The molecule has 1 rings (SSSR count). The summed E-state index contributed by atoms with van der Waals surface area (Å²) in [5, 5.41) is 1.20. The maximum Gasteiger partial charge on any atom is 0.0737 e. The fraction of sp³-hybridized carbons (Fsp3) is 0.250. The third-order valence-electron chi connectivity index (χ3n) is 1.50. The molecule has 0 aliphatic carbocycles. The van der Waals surface area contributed by atoms with E-state index in [9.17, 15) is 0 Å². The summed E-state index contributed by atoms with van der Waals surface area (Å²) >= 11 is 15.0. The molecule has 0 heterocycles. The van der Waals surface area contributed by atoms with Gasteiger partial charge < -0.3 is 0 Å². The summed E-state index contributed by atoms with van der Waals surface area (Å²) in [5.74, 6) is 0. The van der Waals surface area contributed by atoms with Crippen molar-refractivity contribution in [3.8, 4) is 0 Å². The van der Waals surface area contributed by atoms with Gasteiger partial charge in [-0.05, 0) is 34.0 Å². The zero-order valence-electron chi connectivity index (χ0n) is 6.00. The van der Waals surface area contributed by atoms with Crippen molar-refractivity contribution in [3.05, 3.63) is 32.2 Å². The highest BCUT2D eigenvalue weighted by Gasteiger charge is 2.05. The van der Waals surface area contributed by atoms with E-state index in [1.807, 2.05) is 12.1 Å². The number of benzene rings is 1. The zero-order chi connectivity index (χ0) is 8.43. The fourth-order valence-corrected chi connectivity index (χ4v) is 1.92.